The van der Waals surface area contributed by atoms with E-state index in [4.69, 9.17) is 14.2 Å². The first kappa shape index (κ1) is 22.9. The lowest BCUT2D eigenvalue weighted by molar-refractivity contribution is -0.136. The molecule has 1 aliphatic rings. The average Bonchev–Trinajstić information content (AvgIpc) is 2.83. The van der Waals surface area contributed by atoms with Crippen molar-refractivity contribution in [3.63, 3.8) is 0 Å². The van der Waals surface area contributed by atoms with Gasteiger partial charge in [-0.3, -0.25) is 0 Å². The summed E-state index contributed by atoms with van der Waals surface area (Å²) in [5.41, 5.74) is 4.30. The largest absolute Gasteiger partial charge is 0.497 e. The van der Waals surface area contributed by atoms with Gasteiger partial charge in [0, 0.05) is 0 Å². The van der Waals surface area contributed by atoms with Gasteiger partial charge in [-0.1, -0.05) is 18.2 Å². The zero-order valence-corrected chi connectivity index (χ0v) is 19.5. The molecule has 0 saturated carbocycles. The lowest BCUT2D eigenvalue weighted by Crippen LogP contribution is -2.45. The number of amides is 2. The minimum Gasteiger partial charge on any atom is -0.497 e. The second kappa shape index (κ2) is 9.70. The molecule has 1 aliphatic heterocycles. The lowest BCUT2D eigenvalue weighted by atomic mass is 9.92. The van der Waals surface area contributed by atoms with Crippen LogP contribution >= 0.6 is 0 Å². The van der Waals surface area contributed by atoms with Crippen molar-refractivity contribution in [2.24, 2.45) is 0 Å². The number of urea groups is 1. The summed E-state index contributed by atoms with van der Waals surface area (Å²) < 4.78 is 16.3. The van der Waals surface area contributed by atoms with Gasteiger partial charge < -0.3 is 24.8 Å². The number of ether oxygens (including phenoxy) is 3. The molecule has 7 nitrogen and oxygen atoms in total. The molecular formula is C27H26N2O5. The van der Waals surface area contributed by atoms with E-state index in [2.05, 4.69) is 16.7 Å². The first-order valence-electron chi connectivity index (χ1n) is 10.8. The molecule has 0 aliphatic carbocycles. The summed E-state index contributed by atoms with van der Waals surface area (Å²) in [5, 5.41) is 5.58. The SMILES string of the molecule is COC(=O)C1=C(c2ccc(OC)cc2)NC(=O)NC1c1ccc(Oc2cc(C)cc(C)c2)cc1. The molecule has 174 valence electrons. The Bertz CT molecular complexity index is 1230. The number of hydrogen-bond acceptors (Lipinski definition) is 5. The third kappa shape index (κ3) is 4.88. The third-order valence-electron chi connectivity index (χ3n) is 5.50. The Labute approximate surface area is 198 Å². The second-order valence-electron chi connectivity index (χ2n) is 8.03. The van der Waals surface area contributed by atoms with Gasteiger partial charge in [-0.15, -0.1) is 0 Å². The van der Waals surface area contributed by atoms with Crippen molar-refractivity contribution in [3.05, 3.63) is 94.6 Å². The molecule has 0 radical (unpaired) electrons. The van der Waals surface area contributed by atoms with Crippen molar-refractivity contribution >= 4 is 17.7 Å². The van der Waals surface area contributed by atoms with Crippen LogP contribution in [-0.2, 0) is 9.53 Å². The third-order valence-corrected chi connectivity index (χ3v) is 5.50. The van der Waals surface area contributed by atoms with Crippen LogP contribution in [0.2, 0.25) is 0 Å². The predicted molar refractivity (Wildman–Crippen MR) is 129 cm³/mol. The van der Waals surface area contributed by atoms with Crippen molar-refractivity contribution in [2.75, 3.05) is 14.2 Å². The van der Waals surface area contributed by atoms with Gasteiger partial charge in [0.2, 0.25) is 0 Å². The number of methoxy groups -OCH3 is 2. The Morgan fingerprint density at radius 3 is 2.03 bits per heavy atom. The van der Waals surface area contributed by atoms with E-state index in [1.807, 2.05) is 50.2 Å². The molecule has 2 amide bonds. The molecular weight excluding hydrogens is 432 g/mol. The standard InChI is InChI=1S/C27H26N2O5/c1-16-13-17(2)15-22(14-16)34-21-11-7-19(8-12-21)25-23(26(30)33-4)24(28-27(31)29-25)18-5-9-20(32-3)10-6-18/h5-15,25H,1-4H3,(H2,28,29,31). The van der Waals surface area contributed by atoms with Crippen LogP contribution in [0.25, 0.3) is 5.70 Å². The van der Waals surface area contributed by atoms with Gasteiger partial charge in [-0.2, -0.15) is 0 Å². The number of carbonyl (C=O) groups is 2. The Morgan fingerprint density at radius 2 is 1.44 bits per heavy atom. The predicted octanol–water partition coefficient (Wildman–Crippen LogP) is 5.04. The van der Waals surface area contributed by atoms with E-state index in [0.717, 1.165) is 16.9 Å². The van der Waals surface area contributed by atoms with Crippen molar-refractivity contribution < 1.29 is 23.8 Å². The maximum atomic E-state index is 12.8. The summed E-state index contributed by atoms with van der Waals surface area (Å²) in [6, 6.07) is 19.2. The number of benzene rings is 3. The Morgan fingerprint density at radius 1 is 0.824 bits per heavy atom. The highest BCUT2D eigenvalue weighted by Crippen LogP contribution is 2.34. The molecule has 1 unspecified atom stereocenters. The first-order valence-corrected chi connectivity index (χ1v) is 10.8. The molecule has 1 heterocycles. The van der Waals surface area contributed by atoms with Crippen LogP contribution in [0, 0.1) is 13.8 Å². The van der Waals surface area contributed by atoms with Crippen LogP contribution in [0.4, 0.5) is 4.79 Å². The van der Waals surface area contributed by atoms with E-state index in [9.17, 15) is 9.59 Å². The Balaban J connectivity index is 1.69. The van der Waals surface area contributed by atoms with E-state index in [1.165, 1.54) is 7.11 Å². The van der Waals surface area contributed by atoms with E-state index in [0.29, 0.717) is 33.9 Å². The van der Waals surface area contributed by atoms with E-state index in [1.54, 1.807) is 31.4 Å². The maximum Gasteiger partial charge on any atom is 0.338 e. The van der Waals surface area contributed by atoms with Gasteiger partial charge in [0.15, 0.2) is 0 Å². The number of carbonyl (C=O) groups excluding carboxylic acids is 2. The van der Waals surface area contributed by atoms with Gasteiger partial charge in [0.1, 0.15) is 17.2 Å². The molecule has 3 aromatic rings. The number of esters is 1. The van der Waals surface area contributed by atoms with Crippen molar-refractivity contribution in [3.8, 4) is 17.2 Å². The van der Waals surface area contributed by atoms with Gasteiger partial charge in [-0.05, 0) is 84.6 Å². The topological polar surface area (TPSA) is 85.9 Å². The summed E-state index contributed by atoms with van der Waals surface area (Å²) in [6.07, 6.45) is 0. The molecule has 0 bridgehead atoms. The van der Waals surface area contributed by atoms with Crippen LogP contribution in [-0.4, -0.2) is 26.2 Å². The molecule has 3 aromatic carbocycles. The van der Waals surface area contributed by atoms with Crippen molar-refractivity contribution in [1.82, 2.24) is 10.6 Å². The van der Waals surface area contributed by atoms with Gasteiger partial charge in [0.05, 0.1) is 31.5 Å². The molecule has 1 atom stereocenters. The molecule has 0 spiro atoms. The highest BCUT2D eigenvalue weighted by Gasteiger charge is 2.34. The molecule has 34 heavy (non-hydrogen) atoms. The summed E-state index contributed by atoms with van der Waals surface area (Å²) in [7, 11) is 2.89. The second-order valence-corrected chi connectivity index (χ2v) is 8.03. The minimum atomic E-state index is -0.700. The number of nitrogens with one attached hydrogen (secondary N) is 2. The fourth-order valence-electron chi connectivity index (χ4n) is 3.99. The Hall–Kier alpha value is -4.26. The molecule has 0 saturated heterocycles. The van der Waals surface area contributed by atoms with Gasteiger partial charge in [0.25, 0.3) is 0 Å². The van der Waals surface area contributed by atoms with Gasteiger partial charge in [-0.25, -0.2) is 9.59 Å². The number of hydrogen-bond donors (Lipinski definition) is 2. The lowest BCUT2D eigenvalue weighted by Gasteiger charge is -2.29. The molecule has 0 aromatic heterocycles. The summed E-state index contributed by atoms with van der Waals surface area (Å²) >= 11 is 0. The van der Waals surface area contributed by atoms with Crippen LogP contribution in [0.5, 0.6) is 17.2 Å². The highest BCUT2D eigenvalue weighted by molar-refractivity contribution is 6.04. The van der Waals surface area contributed by atoms with E-state index >= 15 is 0 Å². The minimum absolute atomic E-state index is 0.301. The molecule has 7 heteroatoms. The smallest absolute Gasteiger partial charge is 0.338 e. The van der Waals surface area contributed by atoms with Crippen molar-refractivity contribution in [2.45, 2.75) is 19.9 Å². The van der Waals surface area contributed by atoms with Crippen LogP contribution < -0.4 is 20.1 Å². The number of aryl methyl sites for hydroxylation is 2. The normalized spacial score (nSPS) is 15.3. The zero-order valence-electron chi connectivity index (χ0n) is 19.5. The summed E-state index contributed by atoms with van der Waals surface area (Å²) in [6.45, 7) is 4.04. The fraction of sp³-hybridized carbons (Fsp3) is 0.185. The van der Waals surface area contributed by atoms with Crippen LogP contribution in [0.3, 0.4) is 0 Å². The molecule has 2 N–H and O–H groups in total. The van der Waals surface area contributed by atoms with Crippen LogP contribution in [0.15, 0.2) is 72.3 Å². The zero-order chi connectivity index (χ0) is 24.2. The van der Waals surface area contributed by atoms with E-state index in [-0.39, 0.29) is 0 Å². The van der Waals surface area contributed by atoms with Gasteiger partial charge >= 0.3 is 12.0 Å². The highest BCUT2D eigenvalue weighted by atomic mass is 16.5. The molecule has 4 rings (SSSR count). The number of rotatable bonds is 6. The average molecular weight is 459 g/mol. The fourth-order valence-corrected chi connectivity index (χ4v) is 3.99. The Kier molecular flexibility index (Phi) is 6.54. The van der Waals surface area contributed by atoms with E-state index < -0.39 is 18.0 Å². The quantitative estimate of drug-likeness (QED) is 0.506. The maximum absolute atomic E-state index is 12.8. The summed E-state index contributed by atoms with van der Waals surface area (Å²) in [5.74, 6) is 1.52. The van der Waals surface area contributed by atoms with Crippen LogP contribution in [0.1, 0.15) is 28.3 Å². The van der Waals surface area contributed by atoms with Crippen molar-refractivity contribution in [1.29, 1.82) is 0 Å². The monoisotopic (exact) mass is 458 g/mol. The summed E-state index contributed by atoms with van der Waals surface area (Å²) in [4.78, 5) is 25.3. The molecule has 0 fully saturated rings. The first-order chi connectivity index (χ1) is 16.4.